The number of anilines is 1. The average Bonchev–Trinajstić information content (AvgIpc) is 3.26. The van der Waals surface area contributed by atoms with Crippen LogP contribution < -0.4 is 10.1 Å². The molecule has 3 aromatic carbocycles. The van der Waals surface area contributed by atoms with Crippen LogP contribution in [0.2, 0.25) is 0 Å². The Kier molecular flexibility index (Phi) is 5.88. The van der Waals surface area contributed by atoms with Gasteiger partial charge in [-0.05, 0) is 42.0 Å². The number of carboxylic acids is 1. The number of para-hydroxylation sites is 1. The molecule has 0 radical (unpaired) electrons. The van der Waals surface area contributed by atoms with Crippen molar-refractivity contribution < 1.29 is 37.1 Å². The number of hydrogen-bond acceptors (Lipinski definition) is 6. The van der Waals surface area contributed by atoms with E-state index in [9.17, 15) is 27.9 Å². The van der Waals surface area contributed by atoms with Gasteiger partial charge in [0.2, 0.25) is 0 Å². The number of fused-ring (bicyclic) bond motifs is 1. The van der Waals surface area contributed by atoms with Gasteiger partial charge in [0, 0.05) is 5.56 Å². The molecule has 8 nitrogen and oxygen atoms in total. The van der Waals surface area contributed by atoms with E-state index in [4.69, 9.17) is 14.5 Å². The first-order valence-electron chi connectivity index (χ1n) is 9.87. The van der Waals surface area contributed by atoms with Crippen molar-refractivity contribution in [2.24, 2.45) is 0 Å². The number of methoxy groups -OCH3 is 1. The van der Waals surface area contributed by atoms with E-state index >= 15 is 0 Å². The Morgan fingerprint density at radius 2 is 1.86 bits per heavy atom. The molecule has 0 atom stereocenters. The monoisotopic (exact) mass is 481 g/mol. The van der Waals surface area contributed by atoms with Crippen LogP contribution in [0.5, 0.6) is 5.75 Å². The van der Waals surface area contributed by atoms with Gasteiger partial charge in [-0.1, -0.05) is 23.4 Å². The SMILES string of the molecule is COc1ccccc1-c1cc2c(C(=O)Nc3ccc(C#N)cc3C(=O)O)noc2cc1C(F)(F)F. The zero-order valence-electron chi connectivity index (χ0n) is 17.8. The summed E-state index contributed by atoms with van der Waals surface area (Å²) in [6.07, 6.45) is -4.75. The van der Waals surface area contributed by atoms with E-state index in [1.54, 1.807) is 18.2 Å². The minimum Gasteiger partial charge on any atom is -0.496 e. The number of ether oxygens (including phenoxy) is 1. The molecule has 0 saturated carbocycles. The lowest BCUT2D eigenvalue weighted by Crippen LogP contribution is -2.15. The molecule has 0 aliphatic heterocycles. The molecular formula is C24H14F3N3O5. The minimum atomic E-state index is -4.75. The lowest BCUT2D eigenvalue weighted by Gasteiger charge is -2.15. The van der Waals surface area contributed by atoms with Crippen molar-refractivity contribution >= 4 is 28.5 Å². The van der Waals surface area contributed by atoms with Crippen LogP contribution in [0.4, 0.5) is 18.9 Å². The second-order valence-corrected chi connectivity index (χ2v) is 7.25. The fraction of sp³-hybridized carbons (Fsp3) is 0.0833. The first-order chi connectivity index (χ1) is 16.6. The zero-order valence-corrected chi connectivity index (χ0v) is 17.8. The molecule has 2 N–H and O–H groups in total. The Morgan fingerprint density at radius 3 is 2.51 bits per heavy atom. The van der Waals surface area contributed by atoms with E-state index in [-0.39, 0.29) is 50.4 Å². The third-order valence-corrected chi connectivity index (χ3v) is 5.16. The van der Waals surface area contributed by atoms with Gasteiger partial charge in [-0.2, -0.15) is 18.4 Å². The second-order valence-electron chi connectivity index (χ2n) is 7.25. The molecule has 0 saturated heterocycles. The van der Waals surface area contributed by atoms with Crippen LogP contribution in [0.3, 0.4) is 0 Å². The molecular weight excluding hydrogens is 467 g/mol. The molecule has 176 valence electrons. The number of carboxylic acid groups (broad SMARTS) is 1. The first kappa shape index (κ1) is 23.3. The third-order valence-electron chi connectivity index (χ3n) is 5.16. The Morgan fingerprint density at radius 1 is 1.11 bits per heavy atom. The fourth-order valence-electron chi connectivity index (χ4n) is 3.55. The molecule has 0 fully saturated rings. The van der Waals surface area contributed by atoms with Crippen LogP contribution in [0, 0.1) is 11.3 Å². The summed E-state index contributed by atoms with van der Waals surface area (Å²) in [5, 5.41) is 24.3. The Hall–Kier alpha value is -4.85. The Labute approximate surface area is 195 Å². The minimum absolute atomic E-state index is 0.0260. The number of carbonyl (C=O) groups is 2. The van der Waals surface area contributed by atoms with E-state index < -0.39 is 23.6 Å². The summed E-state index contributed by atoms with van der Waals surface area (Å²) >= 11 is 0. The van der Waals surface area contributed by atoms with E-state index in [1.807, 2.05) is 0 Å². The third kappa shape index (κ3) is 4.37. The molecule has 4 rings (SSSR count). The smallest absolute Gasteiger partial charge is 0.417 e. The number of nitrogens with one attached hydrogen (secondary N) is 1. The van der Waals surface area contributed by atoms with Crippen LogP contribution in [0.15, 0.2) is 59.1 Å². The lowest BCUT2D eigenvalue weighted by molar-refractivity contribution is -0.137. The van der Waals surface area contributed by atoms with Crippen LogP contribution >= 0.6 is 0 Å². The highest BCUT2D eigenvalue weighted by molar-refractivity contribution is 6.13. The Balaban J connectivity index is 1.85. The summed E-state index contributed by atoms with van der Waals surface area (Å²) in [5.41, 5.74) is -2.20. The van der Waals surface area contributed by atoms with Gasteiger partial charge < -0.3 is 19.7 Å². The largest absolute Gasteiger partial charge is 0.496 e. The van der Waals surface area contributed by atoms with Crippen molar-refractivity contribution in [1.82, 2.24) is 5.16 Å². The summed E-state index contributed by atoms with van der Waals surface area (Å²) in [7, 11) is 1.32. The molecule has 1 heterocycles. The molecule has 1 amide bonds. The highest BCUT2D eigenvalue weighted by Crippen LogP contribution is 2.42. The van der Waals surface area contributed by atoms with Gasteiger partial charge in [0.05, 0.1) is 40.9 Å². The second kappa shape index (κ2) is 8.83. The molecule has 35 heavy (non-hydrogen) atoms. The standard InChI is InChI=1S/C24H14F3N3O5/c1-34-19-5-3-2-4-13(19)14-9-16-20(10-17(14)24(25,26)27)35-30-21(16)22(31)29-18-7-6-12(11-28)8-15(18)23(32)33/h2-10H,1H3,(H,29,31)(H,32,33). The van der Waals surface area contributed by atoms with Crippen LogP contribution in [-0.4, -0.2) is 29.2 Å². The zero-order chi connectivity index (χ0) is 25.3. The maximum absolute atomic E-state index is 13.9. The van der Waals surface area contributed by atoms with Gasteiger partial charge >= 0.3 is 12.1 Å². The van der Waals surface area contributed by atoms with E-state index in [1.165, 1.54) is 31.4 Å². The number of alkyl halides is 3. The lowest BCUT2D eigenvalue weighted by atomic mass is 9.96. The molecule has 1 aromatic heterocycles. The molecule has 4 aromatic rings. The van der Waals surface area contributed by atoms with Crippen molar-refractivity contribution in [1.29, 1.82) is 5.26 Å². The fourth-order valence-corrected chi connectivity index (χ4v) is 3.55. The van der Waals surface area contributed by atoms with Gasteiger partial charge in [0.1, 0.15) is 5.75 Å². The van der Waals surface area contributed by atoms with Gasteiger partial charge in [-0.3, -0.25) is 4.79 Å². The molecule has 0 aliphatic carbocycles. The van der Waals surface area contributed by atoms with Gasteiger partial charge in [0.15, 0.2) is 11.3 Å². The van der Waals surface area contributed by atoms with E-state index in [2.05, 4.69) is 10.5 Å². The predicted molar refractivity (Wildman–Crippen MR) is 117 cm³/mol. The quantitative estimate of drug-likeness (QED) is 0.394. The maximum Gasteiger partial charge on any atom is 0.417 e. The summed E-state index contributed by atoms with van der Waals surface area (Å²) in [6, 6.07) is 13.4. The number of benzene rings is 3. The molecule has 0 unspecified atom stereocenters. The van der Waals surface area contributed by atoms with Crippen molar-refractivity contribution in [2.45, 2.75) is 6.18 Å². The number of amides is 1. The van der Waals surface area contributed by atoms with Gasteiger partial charge in [-0.25, -0.2) is 4.79 Å². The van der Waals surface area contributed by atoms with Crippen LogP contribution in [0.1, 0.15) is 32.0 Å². The summed E-state index contributed by atoms with van der Waals surface area (Å²) in [5.74, 6) is -2.12. The van der Waals surface area contributed by atoms with E-state index in [0.717, 1.165) is 18.2 Å². The van der Waals surface area contributed by atoms with Crippen molar-refractivity contribution in [3.05, 3.63) is 77.0 Å². The van der Waals surface area contributed by atoms with Crippen molar-refractivity contribution in [3.8, 4) is 22.9 Å². The van der Waals surface area contributed by atoms with Crippen LogP contribution in [-0.2, 0) is 6.18 Å². The van der Waals surface area contributed by atoms with Gasteiger partial charge in [0.25, 0.3) is 5.91 Å². The van der Waals surface area contributed by atoms with Gasteiger partial charge in [-0.15, -0.1) is 0 Å². The first-order valence-corrected chi connectivity index (χ1v) is 9.87. The van der Waals surface area contributed by atoms with Crippen molar-refractivity contribution in [2.75, 3.05) is 12.4 Å². The maximum atomic E-state index is 13.9. The average molecular weight is 481 g/mol. The van der Waals surface area contributed by atoms with Crippen molar-refractivity contribution in [3.63, 3.8) is 0 Å². The topological polar surface area (TPSA) is 125 Å². The number of hydrogen-bond donors (Lipinski definition) is 2. The number of carbonyl (C=O) groups excluding carboxylic acids is 1. The summed E-state index contributed by atoms with van der Waals surface area (Å²) < 4.78 is 51.8. The predicted octanol–water partition coefficient (Wildman–Crippen LogP) is 5.34. The molecule has 0 spiro atoms. The number of nitrogens with zero attached hydrogens (tertiary/aromatic N) is 2. The number of rotatable bonds is 5. The number of nitriles is 1. The normalized spacial score (nSPS) is 11.2. The number of halogens is 3. The number of aromatic nitrogens is 1. The van der Waals surface area contributed by atoms with Crippen LogP contribution in [0.25, 0.3) is 22.1 Å². The summed E-state index contributed by atoms with van der Waals surface area (Å²) in [4.78, 5) is 24.5. The molecule has 0 bridgehead atoms. The van der Waals surface area contributed by atoms with E-state index in [0.29, 0.717) is 0 Å². The highest BCUT2D eigenvalue weighted by atomic mass is 19.4. The summed E-state index contributed by atoms with van der Waals surface area (Å²) in [6.45, 7) is 0. The number of aromatic carboxylic acids is 1. The highest BCUT2D eigenvalue weighted by Gasteiger charge is 2.36. The molecule has 11 heteroatoms. The molecule has 0 aliphatic rings. The Bertz CT molecular complexity index is 1520.